The first kappa shape index (κ1) is 17.2. The molecule has 1 N–H and O–H groups in total. The fourth-order valence-electron chi connectivity index (χ4n) is 2.90. The Morgan fingerprint density at radius 1 is 0.963 bits per heavy atom. The minimum absolute atomic E-state index is 0.304. The molecule has 0 spiro atoms. The smallest absolute Gasteiger partial charge is 0.132 e. The molecule has 4 nitrogen and oxygen atoms in total. The predicted octanol–water partition coefficient (Wildman–Crippen LogP) is 4.96. The highest BCUT2D eigenvalue weighted by Gasteiger charge is 2.10. The predicted molar refractivity (Wildman–Crippen MR) is 103 cm³/mol. The van der Waals surface area contributed by atoms with Gasteiger partial charge in [-0.1, -0.05) is 30.3 Å². The quantitative estimate of drug-likeness (QED) is 0.473. The largest absolute Gasteiger partial charge is 0.491 e. The zero-order valence-corrected chi connectivity index (χ0v) is 14.7. The van der Waals surface area contributed by atoms with E-state index in [2.05, 4.69) is 9.97 Å². The van der Waals surface area contributed by atoms with Crippen molar-refractivity contribution >= 4 is 10.9 Å². The third-order valence-corrected chi connectivity index (χ3v) is 4.26. The van der Waals surface area contributed by atoms with Gasteiger partial charge in [0.1, 0.15) is 18.2 Å². The third-order valence-electron chi connectivity index (χ3n) is 4.26. The molecule has 5 heteroatoms. The molecule has 27 heavy (non-hydrogen) atoms. The summed E-state index contributed by atoms with van der Waals surface area (Å²) in [6.07, 6.45) is 3.44. The van der Waals surface area contributed by atoms with E-state index in [0.29, 0.717) is 36.8 Å². The van der Waals surface area contributed by atoms with E-state index in [4.69, 9.17) is 9.47 Å². The van der Waals surface area contributed by atoms with Crippen LogP contribution in [0.25, 0.3) is 22.2 Å². The van der Waals surface area contributed by atoms with Crippen molar-refractivity contribution in [2.75, 3.05) is 13.2 Å². The molecule has 4 rings (SSSR count). The van der Waals surface area contributed by atoms with E-state index in [1.165, 1.54) is 6.07 Å². The Balaban J connectivity index is 1.38. The van der Waals surface area contributed by atoms with Gasteiger partial charge in [0.25, 0.3) is 0 Å². The lowest BCUT2D eigenvalue weighted by Gasteiger charge is -2.09. The number of nitrogens with zero attached hydrogens (tertiary/aromatic N) is 1. The number of aromatic amines is 1. The van der Waals surface area contributed by atoms with Crippen molar-refractivity contribution in [2.45, 2.75) is 6.61 Å². The molecule has 0 radical (unpaired) electrons. The van der Waals surface area contributed by atoms with Crippen molar-refractivity contribution in [1.82, 2.24) is 9.97 Å². The number of hydrogen-bond acceptors (Lipinski definition) is 3. The Bertz CT molecular complexity index is 998. The van der Waals surface area contributed by atoms with Gasteiger partial charge in [0, 0.05) is 22.8 Å². The van der Waals surface area contributed by atoms with Crippen LogP contribution in [0.15, 0.2) is 73.1 Å². The molecular formula is C22H19FN2O2. The summed E-state index contributed by atoms with van der Waals surface area (Å²) in [4.78, 5) is 7.27. The lowest BCUT2D eigenvalue weighted by Crippen LogP contribution is -2.06. The zero-order valence-electron chi connectivity index (χ0n) is 14.7. The first-order valence-electron chi connectivity index (χ1n) is 8.77. The van der Waals surface area contributed by atoms with E-state index in [1.54, 1.807) is 24.5 Å². The van der Waals surface area contributed by atoms with Crippen LogP contribution in [-0.4, -0.2) is 23.2 Å². The maximum absolute atomic E-state index is 14.3. The van der Waals surface area contributed by atoms with Gasteiger partial charge in [0.2, 0.25) is 0 Å². The van der Waals surface area contributed by atoms with Crippen LogP contribution in [0.4, 0.5) is 4.39 Å². The zero-order chi connectivity index (χ0) is 18.5. The van der Waals surface area contributed by atoms with E-state index in [1.807, 2.05) is 42.5 Å². The van der Waals surface area contributed by atoms with Crippen LogP contribution in [-0.2, 0) is 11.3 Å². The maximum atomic E-state index is 14.3. The molecule has 0 amide bonds. The number of pyridine rings is 1. The highest BCUT2D eigenvalue weighted by molar-refractivity contribution is 5.85. The van der Waals surface area contributed by atoms with E-state index in [-0.39, 0.29) is 5.82 Å². The molecule has 0 bridgehead atoms. The average molecular weight is 362 g/mol. The summed E-state index contributed by atoms with van der Waals surface area (Å²) in [5, 5.41) is 0.986. The van der Waals surface area contributed by atoms with Gasteiger partial charge in [-0.15, -0.1) is 0 Å². The van der Waals surface area contributed by atoms with Crippen molar-refractivity contribution in [1.29, 1.82) is 0 Å². The van der Waals surface area contributed by atoms with Crippen LogP contribution in [0.5, 0.6) is 5.75 Å². The van der Waals surface area contributed by atoms with Crippen LogP contribution in [0.2, 0.25) is 0 Å². The van der Waals surface area contributed by atoms with Crippen molar-refractivity contribution in [2.24, 2.45) is 0 Å². The molecule has 0 aliphatic heterocycles. The molecule has 0 saturated carbocycles. The number of halogens is 1. The summed E-state index contributed by atoms with van der Waals surface area (Å²) in [6.45, 7) is 1.40. The van der Waals surface area contributed by atoms with Gasteiger partial charge in [-0.05, 0) is 35.9 Å². The van der Waals surface area contributed by atoms with Gasteiger partial charge >= 0.3 is 0 Å². The fraction of sp³-hybridized carbons (Fsp3) is 0.136. The number of fused-ring (bicyclic) bond motifs is 1. The molecule has 4 aromatic rings. The molecule has 2 heterocycles. The van der Waals surface area contributed by atoms with E-state index in [0.717, 1.165) is 16.5 Å². The molecule has 0 unspecified atom stereocenters. The van der Waals surface area contributed by atoms with Crippen molar-refractivity contribution in [3.05, 3.63) is 84.4 Å². The lowest BCUT2D eigenvalue weighted by atomic mass is 10.1. The summed E-state index contributed by atoms with van der Waals surface area (Å²) in [6, 6.07) is 18.5. The molecule has 0 saturated heterocycles. The highest BCUT2D eigenvalue weighted by atomic mass is 19.1. The summed E-state index contributed by atoms with van der Waals surface area (Å²) in [7, 11) is 0. The van der Waals surface area contributed by atoms with Crippen LogP contribution in [0.1, 0.15) is 5.56 Å². The van der Waals surface area contributed by atoms with Gasteiger partial charge in [-0.25, -0.2) is 4.39 Å². The molecule has 2 aromatic carbocycles. The second-order valence-corrected chi connectivity index (χ2v) is 6.17. The Morgan fingerprint density at radius 2 is 1.85 bits per heavy atom. The minimum Gasteiger partial charge on any atom is -0.491 e. The normalized spacial score (nSPS) is 11.0. The van der Waals surface area contributed by atoms with Gasteiger partial charge in [0.15, 0.2) is 0 Å². The second kappa shape index (κ2) is 8.01. The SMILES string of the molecule is Fc1ccc(OCCOCc2ccccc2)cc1-c1cc2ccncc2[nH]1. The van der Waals surface area contributed by atoms with Gasteiger partial charge in [-0.3, -0.25) is 4.98 Å². The highest BCUT2D eigenvalue weighted by Crippen LogP contribution is 2.29. The van der Waals surface area contributed by atoms with Gasteiger partial charge < -0.3 is 14.5 Å². The summed E-state index contributed by atoms with van der Waals surface area (Å²) in [5.41, 5.74) is 3.15. The number of aromatic nitrogens is 2. The number of H-pyrrole nitrogens is 1. The van der Waals surface area contributed by atoms with Gasteiger partial charge in [-0.2, -0.15) is 0 Å². The van der Waals surface area contributed by atoms with Crippen LogP contribution in [0.3, 0.4) is 0 Å². The van der Waals surface area contributed by atoms with Crippen molar-refractivity contribution in [3.8, 4) is 17.0 Å². The number of benzene rings is 2. The third kappa shape index (κ3) is 4.15. The number of nitrogens with one attached hydrogen (secondary N) is 1. The second-order valence-electron chi connectivity index (χ2n) is 6.17. The minimum atomic E-state index is -0.304. The maximum Gasteiger partial charge on any atom is 0.132 e. The van der Waals surface area contributed by atoms with Gasteiger partial charge in [0.05, 0.1) is 24.9 Å². The first-order chi connectivity index (χ1) is 13.3. The molecule has 0 fully saturated rings. The van der Waals surface area contributed by atoms with Crippen LogP contribution >= 0.6 is 0 Å². The monoisotopic (exact) mass is 362 g/mol. The Hall–Kier alpha value is -3.18. The average Bonchev–Trinajstić information content (AvgIpc) is 3.14. The standard InChI is InChI=1S/C22H19FN2O2/c23-20-7-6-18(27-11-10-26-15-16-4-2-1-3-5-16)13-19(20)21-12-17-8-9-24-14-22(17)25-21/h1-9,12-14,25H,10-11,15H2. The van der Waals surface area contributed by atoms with Crippen LogP contribution in [0, 0.1) is 5.82 Å². The first-order valence-corrected chi connectivity index (χ1v) is 8.77. The lowest BCUT2D eigenvalue weighted by molar-refractivity contribution is 0.0889. The fourth-order valence-corrected chi connectivity index (χ4v) is 2.90. The van der Waals surface area contributed by atoms with Crippen LogP contribution < -0.4 is 4.74 Å². The number of hydrogen-bond donors (Lipinski definition) is 1. The van der Waals surface area contributed by atoms with E-state index in [9.17, 15) is 4.39 Å². The Morgan fingerprint density at radius 3 is 2.70 bits per heavy atom. The van der Waals surface area contributed by atoms with E-state index >= 15 is 0 Å². The number of ether oxygens (including phenoxy) is 2. The molecule has 0 atom stereocenters. The van der Waals surface area contributed by atoms with Crippen molar-refractivity contribution in [3.63, 3.8) is 0 Å². The summed E-state index contributed by atoms with van der Waals surface area (Å²) >= 11 is 0. The molecule has 0 aliphatic rings. The topological polar surface area (TPSA) is 47.1 Å². The summed E-state index contributed by atoms with van der Waals surface area (Å²) < 4.78 is 25.6. The molecule has 2 aromatic heterocycles. The summed E-state index contributed by atoms with van der Waals surface area (Å²) in [5.74, 6) is 0.300. The molecule has 136 valence electrons. The Labute approximate surface area is 156 Å². The Kier molecular flexibility index (Phi) is 5.12. The van der Waals surface area contributed by atoms with E-state index < -0.39 is 0 Å². The number of rotatable bonds is 7. The molecular weight excluding hydrogens is 343 g/mol. The molecule has 0 aliphatic carbocycles. The van der Waals surface area contributed by atoms with Crippen molar-refractivity contribution < 1.29 is 13.9 Å².